The molecule has 1 aliphatic carbocycles. The van der Waals surface area contributed by atoms with Crippen molar-refractivity contribution in [2.24, 2.45) is 17.8 Å². The highest BCUT2D eigenvalue weighted by Gasteiger charge is 2.49. The lowest BCUT2D eigenvalue weighted by molar-refractivity contribution is -0.140. The van der Waals surface area contributed by atoms with Gasteiger partial charge in [0.25, 0.3) is 0 Å². The molecule has 2 aromatic carbocycles. The van der Waals surface area contributed by atoms with E-state index in [1.165, 1.54) is 24.0 Å². The number of carbonyl (C=O) groups excluding carboxylic acids is 1. The van der Waals surface area contributed by atoms with Crippen LogP contribution in [0.4, 0.5) is 0 Å². The quantitative estimate of drug-likeness (QED) is 0.773. The Morgan fingerprint density at radius 2 is 1.62 bits per heavy atom. The Balaban J connectivity index is 1.34. The minimum absolute atomic E-state index is 0.347. The van der Waals surface area contributed by atoms with Crippen molar-refractivity contribution in [2.45, 2.75) is 37.5 Å². The summed E-state index contributed by atoms with van der Waals surface area (Å²) >= 11 is 0. The van der Waals surface area contributed by atoms with Gasteiger partial charge in [0.15, 0.2) is 0 Å². The molecule has 2 aromatic rings. The fourth-order valence-electron chi connectivity index (χ4n) is 6.12. The van der Waals surface area contributed by atoms with Gasteiger partial charge in [-0.25, -0.2) is 0 Å². The molecular formula is C26H31NO2. The molecule has 1 saturated carbocycles. The monoisotopic (exact) mass is 389 g/mol. The minimum Gasteiger partial charge on any atom is -0.381 e. The molecule has 0 N–H and O–H groups in total. The maximum absolute atomic E-state index is 13.9. The summed E-state index contributed by atoms with van der Waals surface area (Å²) in [4.78, 5) is 16.1. The zero-order valence-electron chi connectivity index (χ0n) is 17.1. The van der Waals surface area contributed by atoms with Crippen molar-refractivity contribution >= 4 is 5.91 Å². The number of fused-ring (bicyclic) bond motifs is 1. The Hall–Kier alpha value is -2.13. The molecule has 2 aliphatic heterocycles. The van der Waals surface area contributed by atoms with Gasteiger partial charge in [-0.05, 0) is 61.0 Å². The van der Waals surface area contributed by atoms with Crippen LogP contribution in [0.15, 0.2) is 60.7 Å². The summed E-state index contributed by atoms with van der Waals surface area (Å²) in [7, 11) is 0. The highest BCUT2D eigenvalue weighted by molar-refractivity contribution is 5.88. The predicted molar refractivity (Wildman–Crippen MR) is 115 cm³/mol. The molecule has 152 valence electrons. The Bertz CT molecular complexity index is 828. The van der Waals surface area contributed by atoms with Gasteiger partial charge in [0, 0.05) is 26.3 Å². The SMILES string of the molecule is O=C(N1C[C@H]2CC[C@H](Cc3ccccc3)[C@H]2C1)C1(c2ccccc2)CCOCC1. The van der Waals surface area contributed by atoms with Gasteiger partial charge in [-0.3, -0.25) is 4.79 Å². The van der Waals surface area contributed by atoms with Crippen molar-refractivity contribution in [3.05, 3.63) is 71.8 Å². The number of hydrogen-bond acceptors (Lipinski definition) is 2. The van der Waals surface area contributed by atoms with Gasteiger partial charge in [0.1, 0.15) is 0 Å². The summed E-state index contributed by atoms with van der Waals surface area (Å²) in [6, 6.07) is 21.3. The van der Waals surface area contributed by atoms with Crippen LogP contribution >= 0.6 is 0 Å². The van der Waals surface area contributed by atoms with Crippen molar-refractivity contribution in [1.29, 1.82) is 0 Å². The Morgan fingerprint density at radius 3 is 2.34 bits per heavy atom. The molecular weight excluding hydrogens is 358 g/mol. The van der Waals surface area contributed by atoms with Gasteiger partial charge < -0.3 is 9.64 Å². The molecule has 2 heterocycles. The molecule has 1 amide bonds. The number of benzene rings is 2. The molecule has 3 aliphatic rings. The van der Waals surface area contributed by atoms with Gasteiger partial charge in [0.05, 0.1) is 5.41 Å². The molecule has 5 rings (SSSR count). The van der Waals surface area contributed by atoms with Crippen LogP contribution in [0.1, 0.15) is 36.8 Å². The van der Waals surface area contributed by atoms with Gasteiger partial charge in [-0.2, -0.15) is 0 Å². The average Bonchev–Trinajstić information content (AvgIpc) is 3.37. The topological polar surface area (TPSA) is 29.5 Å². The van der Waals surface area contributed by atoms with Gasteiger partial charge in [-0.1, -0.05) is 60.7 Å². The number of rotatable bonds is 4. The standard InChI is InChI=1S/C26H31NO2/c28-25(26(13-15-29-16-14-26)23-9-5-2-6-10-23)27-18-22-12-11-21(24(22)19-27)17-20-7-3-1-4-8-20/h1-10,21-22,24H,11-19H2/t21-,22-,24-/m1/s1. The lowest BCUT2D eigenvalue weighted by Gasteiger charge is -2.39. The fraction of sp³-hybridized carbons (Fsp3) is 0.500. The van der Waals surface area contributed by atoms with Crippen molar-refractivity contribution < 1.29 is 9.53 Å². The van der Waals surface area contributed by atoms with E-state index in [1.807, 2.05) is 6.07 Å². The molecule has 3 atom stereocenters. The number of ether oxygens (including phenoxy) is 1. The van der Waals surface area contributed by atoms with Crippen molar-refractivity contribution in [2.75, 3.05) is 26.3 Å². The number of nitrogens with zero attached hydrogens (tertiary/aromatic N) is 1. The smallest absolute Gasteiger partial charge is 0.233 e. The third-order valence-electron chi connectivity index (χ3n) is 7.72. The number of hydrogen-bond donors (Lipinski definition) is 0. The molecule has 0 spiro atoms. The number of likely N-dealkylation sites (tertiary alicyclic amines) is 1. The first kappa shape index (κ1) is 18.9. The van der Waals surface area contributed by atoms with E-state index in [9.17, 15) is 4.79 Å². The van der Waals surface area contributed by atoms with Crippen LogP contribution in [0.5, 0.6) is 0 Å². The second-order valence-corrected chi connectivity index (χ2v) is 9.22. The maximum Gasteiger partial charge on any atom is 0.233 e. The lowest BCUT2D eigenvalue weighted by Crippen LogP contribution is -2.49. The van der Waals surface area contributed by atoms with Crippen molar-refractivity contribution in [3.8, 4) is 0 Å². The predicted octanol–water partition coefficient (Wildman–Crippen LogP) is 4.46. The van der Waals surface area contributed by atoms with Crippen LogP contribution in [0.2, 0.25) is 0 Å². The number of carbonyl (C=O) groups is 1. The van der Waals surface area contributed by atoms with Crippen LogP contribution in [-0.4, -0.2) is 37.1 Å². The van der Waals surface area contributed by atoms with Gasteiger partial charge >= 0.3 is 0 Å². The maximum atomic E-state index is 13.9. The summed E-state index contributed by atoms with van der Waals surface area (Å²) in [6.07, 6.45) is 5.34. The summed E-state index contributed by atoms with van der Waals surface area (Å²) in [5.74, 6) is 2.40. The van der Waals surface area contributed by atoms with Crippen molar-refractivity contribution in [3.63, 3.8) is 0 Å². The van der Waals surface area contributed by atoms with Gasteiger partial charge in [-0.15, -0.1) is 0 Å². The first-order valence-electron chi connectivity index (χ1n) is 11.2. The normalized spacial score (nSPS) is 28.3. The minimum atomic E-state index is -0.396. The Kier molecular flexibility index (Phi) is 5.17. The van der Waals surface area contributed by atoms with Crippen LogP contribution in [0, 0.1) is 17.8 Å². The molecule has 0 bridgehead atoms. The Labute approximate surface area is 174 Å². The zero-order valence-corrected chi connectivity index (χ0v) is 17.1. The van der Waals surface area contributed by atoms with E-state index in [-0.39, 0.29) is 0 Å². The molecule has 3 fully saturated rings. The van der Waals surface area contributed by atoms with Gasteiger partial charge in [0.2, 0.25) is 5.91 Å². The summed E-state index contributed by atoms with van der Waals surface area (Å²) in [6.45, 7) is 3.25. The third-order valence-corrected chi connectivity index (χ3v) is 7.72. The van der Waals surface area contributed by atoms with E-state index in [1.54, 1.807) is 0 Å². The van der Waals surface area contributed by atoms with Crippen molar-refractivity contribution in [1.82, 2.24) is 4.90 Å². The van der Waals surface area contributed by atoms with Crippen LogP contribution in [-0.2, 0) is 21.4 Å². The largest absolute Gasteiger partial charge is 0.381 e. The van der Waals surface area contributed by atoms with E-state index in [0.717, 1.165) is 32.4 Å². The summed E-state index contributed by atoms with van der Waals surface area (Å²) < 4.78 is 5.65. The molecule has 29 heavy (non-hydrogen) atoms. The number of amides is 1. The molecule has 0 radical (unpaired) electrons. The highest BCUT2D eigenvalue weighted by Crippen LogP contribution is 2.46. The Morgan fingerprint density at radius 1 is 0.931 bits per heavy atom. The van der Waals surface area contributed by atoms with Crippen LogP contribution in [0.25, 0.3) is 0 Å². The summed E-state index contributed by atoms with van der Waals surface area (Å²) in [5.41, 5.74) is 2.21. The third kappa shape index (κ3) is 3.50. The molecule has 3 nitrogen and oxygen atoms in total. The first-order chi connectivity index (χ1) is 14.3. The summed E-state index contributed by atoms with van der Waals surface area (Å²) in [5, 5.41) is 0. The fourth-order valence-corrected chi connectivity index (χ4v) is 6.12. The van der Waals surface area contributed by atoms with E-state index in [2.05, 4.69) is 59.5 Å². The van der Waals surface area contributed by atoms with E-state index < -0.39 is 5.41 Å². The second kappa shape index (κ2) is 7.95. The zero-order chi connectivity index (χ0) is 19.7. The van der Waals surface area contributed by atoms with E-state index in [0.29, 0.717) is 36.9 Å². The lowest BCUT2D eigenvalue weighted by atomic mass is 9.73. The van der Waals surface area contributed by atoms with Crippen LogP contribution < -0.4 is 0 Å². The molecule has 2 saturated heterocycles. The second-order valence-electron chi connectivity index (χ2n) is 9.22. The van der Waals surface area contributed by atoms with E-state index in [4.69, 9.17) is 4.74 Å². The molecule has 0 aromatic heterocycles. The van der Waals surface area contributed by atoms with Crippen LogP contribution in [0.3, 0.4) is 0 Å². The average molecular weight is 390 g/mol. The molecule has 0 unspecified atom stereocenters. The first-order valence-corrected chi connectivity index (χ1v) is 11.2. The molecule has 3 heteroatoms. The van der Waals surface area contributed by atoms with E-state index >= 15 is 0 Å². The highest BCUT2D eigenvalue weighted by atomic mass is 16.5.